The van der Waals surface area contributed by atoms with Gasteiger partial charge in [-0.3, -0.25) is 0 Å². The van der Waals surface area contributed by atoms with E-state index >= 15 is 0 Å². The number of fused-ring (bicyclic) bond motifs is 8. The van der Waals surface area contributed by atoms with Crippen LogP contribution in [-0.2, 0) is 0 Å². The van der Waals surface area contributed by atoms with Gasteiger partial charge in [0.25, 0.3) is 0 Å². The number of thiophene rings is 2. The second-order valence-electron chi connectivity index (χ2n) is 13.0. The summed E-state index contributed by atoms with van der Waals surface area (Å²) in [6.45, 7) is 0. The number of ether oxygens (including phenoxy) is 4. The quantitative estimate of drug-likeness (QED) is 0.153. The van der Waals surface area contributed by atoms with Crippen molar-refractivity contribution in [3.63, 3.8) is 0 Å². The summed E-state index contributed by atoms with van der Waals surface area (Å²) in [5.41, 5.74) is 10.9. The molecule has 6 nitrogen and oxygen atoms in total. The van der Waals surface area contributed by atoms with Gasteiger partial charge in [0, 0.05) is 22.3 Å². The molecule has 56 heavy (non-hydrogen) atoms. The summed E-state index contributed by atoms with van der Waals surface area (Å²) in [6, 6.07) is 41.4. The molecular formula is C48H36N2O4S2. The van der Waals surface area contributed by atoms with Crippen molar-refractivity contribution in [3.8, 4) is 67.5 Å². The molecule has 0 aliphatic carbocycles. The lowest BCUT2D eigenvalue weighted by Crippen LogP contribution is -1.91. The van der Waals surface area contributed by atoms with Crippen LogP contribution >= 0.6 is 22.7 Å². The van der Waals surface area contributed by atoms with Crippen molar-refractivity contribution in [2.75, 3.05) is 28.4 Å². The van der Waals surface area contributed by atoms with Crippen LogP contribution < -0.4 is 18.9 Å². The number of methoxy groups -OCH3 is 4. The molecule has 7 aromatic rings. The number of nitrogens with zero attached hydrogens (tertiary/aromatic N) is 2. The van der Waals surface area contributed by atoms with Gasteiger partial charge in [0.05, 0.1) is 70.0 Å². The predicted molar refractivity (Wildman–Crippen MR) is 234 cm³/mol. The summed E-state index contributed by atoms with van der Waals surface area (Å²) < 4.78 is 28.8. The fourth-order valence-corrected chi connectivity index (χ4v) is 10.3. The van der Waals surface area contributed by atoms with Gasteiger partial charge in [0.15, 0.2) is 23.0 Å². The molecule has 3 aromatic heterocycles. The van der Waals surface area contributed by atoms with E-state index in [0.717, 1.165) is 86.1 Å². The van der Waals surface area contributed by atoms with Crippen LogP contribution in [0.1, 0.15) is 22.8 Å². The molecule has 0 fully saturated rings. The first kappa shape index (κ1) is 35.2. The van der Waals surface area contributed by atoms with Gasteiger partial charge in [-0.05, 0) is 46.6 Å². The Morgan fingerprint density at radius 2 is 0.536 bits per heavy atom. The Bertz CT molecular complexity index is 2450. The molecule has 2 aliphatic rings. The van der Waals surface area contributed by atoms with Crippen molar-refractivity contribution in [1.82, 2.24) is 9.97 Å². The van der Waals surface area contributed by atoms with Crippen molar-refractivity contribution in [2.24, 2.45) is 0 Å². The number of hydrogen-bond donors (Lipinski definition) is 0. The topological polar surface area (TPSA) is 62.7 Å². The molecule has 0 spiro atoms. The van der Waals surface area contributed by atoms with Gasteiger partial charge in [-0.2, -0.15) is 0 Å². The lowest BCUT2D eigenvalue weighted by atomic mass is 10.0. The molecule has 0 radical (unpaired) electrons. The maximum atomic E-state index is 6.29. The van der Waals surface area contributed by atoms with Crippen molar-refractivity contribution in [2.45, 2.75) is 0 Å². The summed E-state index contributed by atoms with van der Waals surface area (Å²) in [6.07, 6.45) is 8.37. The lowest BCUT2D eigenvalue weighted by Gasteiger charge is -2.09. The minimum absolute atomic E-state index is 0.637. The standard InChI is InChI=1S/C48H36N2O4S2/c1-51-41-42(52-2)46-38(30-19-11-6-12-20-30)34-27-28-36(50-34)40(32-23-15-8-16-24-32)48-44(54-4)43(53-3)47(56-48)39(31-21-13-7-14-22-31)35-26-25-33(49-35)37(45(41)55-46)29-17-9-5-10-18-29/h5-28H,1-4H3. The Morgan fingerprint density at radius 3 is 0.732 bits per heavy atom. The van der Waals surface area contributed by atoms with Crippen LogP contribution in [0.15, 0.2) is 121 Å². The first-order valence-electron chi connectivity index (χ1n) is 18.1. The highest BCUT2D eigenvalue weighted by Gasteiger charge is 2.27. The van der Waals surface area contributed by atoms with Crippen molar-refractivity contribution >= 4 is 65.8 Å². The Hall–Kier alpha value is -6.48. The lowest BCUT2D eigenvalue weighted by molar-refractivity contribution is 0.363. The minimum atomic E-state index is 0.637. The van der Waals surface area contributed by atoms with E-state index in [1.54, 1.807) is 51.1 Å². The molecule has 5 heterocycles. The van der Waals surface area contributed by atoms with Crippen LogP contribution in [0.5, 0.6) is 23.0 Å². The number of aromatic nitrogens is 2. The van der Waals surface area contributed by atoms with Crippen molar-refractivity contribution in [3.05, 3.63) is 144 Å². The maximum absolute atomic E-state index is 6.29. The van der Waals surface area contributed by atoms with E-state index in [4.69, 9.17) is 28.9 Å². The summed E-state index contributed by atoms with van der Waals surface area (Å²) >= 11 is 3.24. The molecular weight excluding hydrogens is 733 g/mol. The van der Waals surface area contributed by atoms with E-state index in [1.165, 1.54) is 0 Å². The Kier molecular flexibility index (Phi) is 9.43. The summed E-state index contributed by atoms with van der Waals surface area (Å²) in [4.78, 5) is 10.9. The van der Waals surface area contributed by atoms with Crippen molar-refractivity contribution < 1.29 is 18.9 Å². The average Bonchev–Trinajstić information content (AvgIpc) is 4.06. The normalized spacial score (nSPS) is 11.8. The molecule has 4 aromatic carbocycles. The first-order valence-corrected chi connectivity index (χ1v) is 19.8. The first-order chi connectivity index (χ1) is 27.6. The van der Waals surface area contributed by atoms with E-state index in [2.05, 4.69) is 72.8 Å². The third-order valence-electron chi connectivity index (χ3n) is 9.92. The summed E-state index contributed by atoms with van der Waals surface area (Å²) in [5, 5.41) is 0. The Morgan fingerprint density at radius 1 is 0.321 bits per heavy atom. The molecule has 2 aliphatic heterocycles. The van der Waals surface area contributed by atoms with Crippen LogP contribution in [0.25, 0.3) is 87.6 Å². The van der Waals surface area contributed by atoms with E-state index in [1.807, 2.05) is 72.8 Å². The minimum Gasteiger partial charge on any atom is -0.491 e. The zero-order valence-electron chi connectivity index (χ0n) is 31.2. The summed E-state index contributed by atoms with van der Waals surface area (Å²) in [5.74, 6) is 2.55. The fourth-order valence-electron chi connectivity index (χ4n) is 7.48. The highest BCUT2D eigenvalue weighted by molar-refractivity contribution is 7.26. The van der Waals surface area contributed by atoms with Crippen LogP contribution in [0.4, 0.5) is 0 Å². The van der Waals surface area contributed by atoms with Gasteiger partial charge < -0.3 is 18.9 Å². The van der Waals surface area contributed by atoms with Crippen LogP contribution in [0.3, 0.4) is 0 Å². The maximum Gasteiger partial charge on any atom is 0.180 e. The predicted octanol–water partition coefficient (Wildman–Crippen LogP) is 12.8. The monoisotopic (exact) mass is 768 g/mol. The molecule has 0 N–H and O–H groups in total. The number of benzene rings is 4. The highest BCUT2D eigenvalue weighted by Crippen LogP contribution is 2.54. The molecule has 0 amide bonds. The third-order valence-corrected chi connectivity index (χ3v) is 12.3. The fraction of sp³-hybridized carbons (Fsp3) is 0.0833. The molecule has 8 heteroatoms. The van der Waals surface area contributed by atoms with E-state index in [9.17, 15) is 0 Å². The highest BCUT2D eigenvalue weighted by atomic mass is 32.1. The van der Waals surface area contributed by atoms with Crippen molar-refractivity contribution in [1.29, 1.82) is 0 Å². The van der Waals surface area contributed by atoms with E-state index in [-0.39, 0.29) is 0 Å². The van der Waals surface area contributed by atoms with Crippen LogP contribution in [0.2, 0.25) is 0 Å². The van der Waals surface area contributed by atoms with Crippen LogP contribution in [0, 0.1) is 0 Å². The SMILES string of the molecule is COc1c(OC)c2sc1c(-c1ccccc1)c1nc(c(-c3ccccc3)c3sc(c(OC)c3OC)c(-c3ccccc3)c3nc(c2-c2ccccc2)C=C3)C=C1. The molecule has 9 rings (SSSR count). The Labute approximate surface area is 333 Å². The molecule has 274 valence electrons. The molecule has 0 atom stereocenters. The second-order valence-corrected chi connectivity index (χ2v) is 15.1. The van der Waals surface area contributed by atoms with Gasteiger partial charge in [-0.25, -0.2) is 9.97 Å². The second kappa shape index (κ2) is 15.0. The molecule has 0 saturated heterocycles. The Balaban J connectivity index is 1.60. The van der Waals surface area contributed by atoms with Gasteiger partial charge >= 0.3 is 0 Å². The number of rotatable bonds is 8. The zero-order chi connectivity index (χ0) is 38.2. The van der Waals surface area contributed by atoms with Gasteiger partial charge in [-0.15, -0.1) is 22.7 Å². The number of hydrogen-bond acceptors (Lipinski definition) is 8. The molecule has 8 bridgehead atoms. The van der Waals surface area contributed by atoms with Gasteiger partial charge in [0.2, 0.25) is 0 Å². The zero-order valence-corrected chi connectivity index (χ0v) is 32.8. The van der Waals surface area contributed by atoms with E-state index < -0.39 is 0 Å². The molecule has 0 saturated carbocycles. The van der Waals surface area contributed by atoms with Gasteiger partial charge in [-0.1, -0.05) is 121 Å². The third kappa shape index (κ3) is 5.95. The molecule has 0 unspecified atom stereocenters. The average molecular weight is 769 g/mol. The smallest absolute Gasteiger partial charge is 0.180 e. The largest absolute Gasteiger partial charge is 0.491 e. The van der Waals surface area contributed by atoms with Crippen LogP contribution in [-0.4, -0.2) is 38.4 Å². The van der Waals surface area contributed by atoms with Gasteiger partial charge in [0.1, 0.15) is 0 Å². The van der Waals surface area contributed by atoms with E-state index in [0.29, 0.717) is 23.0 Å². The summed E-state index contributed by atoms with van der Waals surface area (Å²) in [7, 11) is 6.79.